The first kappa shape index (κ1) is 19.9. The second-order valence-electron chi connectivity index (χ2n) is 7.91. The van der Waals surface area contributed by atoms with Crippen LogP contribution in [0.3, 0.4) is 0 Å². The van der Waals surface area contributed by atoms with Gasteiger partial charge in [0.1, 0.15) is 11.3 Å². The zero-order valence-corrected chi connectivity index (χ0v) is 16.7. The van der Waals surface area contributed by atoms with Crippen molar-refractivity contribution in [2.75, 3.05) is 0 Å². The molecule has 0 atom stereocenters. The lowest BCUT2D eigenvalue weighted by Crippen LogP contribution is -2.05. The zero-order chi connectivity index (χ0) is 21.1. The van der Waals surface area contributed by atoms with E-state index in [1.807, 2.05) is 18.2 Å². The molecule has 0 amide bonds. The summed E-state index contributed by atoms with van der Waals surface area (Å²) < 4.78 is 0. The molecule has 0 aliphatic heterocycles. The summed E-state index contributed by atoms with van der Waals surface area (Å²) in [6.07, 6.45) is 6.35. The summed E-state index contributed by atoms with van der Waals surface area (Å²) in [5.41, 5.74) is 3.82. The quantitative estimate of drug-likeness (QED) is 0.512. The summed E-state index contributed by atoms with van der Waals surface area (Å²) >= 11 is 0. The van der Waals surface area contributed by atoms with E-state index < -0.39 is 5.97 Å². The van der Waals surface area contributed by atoms with Crippen LogP contribution in [0.2, 0.25) is 0 Å². The van der Waals surface area contributed by atoms with Crippen LogP contribution in [0.4, 0.5) is 0 Å². The number of carboxylic acids is 1. The molecule has 1 saturated carbocycles. The Balaban J connectivity index is 1.64. The molecule has 0 unspecified atom stereocenters. The Kier molecular flexibility index (Phi) is 5.66. The van der Waals surface area contributed by atoms with Gasteiger partial charge in [-0.15, -0.1) is 0 Å². The third kappa shape index (κ3) is 4.13. The summed E-state index contributed by atoms with van der Waals surface area (Å²) in [7, 11) is 0. The average molecular weight is 400 g/mol. The van der Waals surface area contributed by atoms with Crippen LogP contribution >= 0.6 is 0 Å². The van der Waals surface area contributed by atoms with Crippen LogP contribution in [-0.2, 0) is 0 Å². The second kappa shape index (κ2) is 8.54. The monoisotopic (exact) mass is 400 g/mol. The molecule has 0 heterocycles. The number of phenols is 1. The van der Waals surface area contributed by atoms with Gasteiger partial charge in [-0.05, 0) is 59.7 Å². The van der Waals surface area contributed by atoms with Gasteiger partial charge in [0.15, 0.2) is 5.78 Å². The van der Waals surface area contributed by atoms with Crippen LogP contribution in [0, 0.1) is 0 Å². The number of aromatic carboxylic acids is 1. The lowest BCUT2D eigenvalue weighted by molar-refractivity contribution is 0.0693. The molecular formula is C26H24O4. The molecule has 1 aliphatic rings. The first-order valence-corrected chi connectivity index (χ1v) is 10.3. The Morgan fingerprint density at radius 2 is 1.43 bits per heavy atom. The van der Waals surface area contributed by atoms with Crippen molar-refractivity contribution in [2.24, 2.45) is 0 Å². The average Bonchev–Trinajstić information content (AvgIpc) is 2.79. The van der Waals surface area contributed by atoms with E-state index in [0.717, 1.165) is 11.1 Å². The second-order valence-corrected chi connectivity index (χ2v) is 7.91. The van der Waals surface area contributed by atoms with E-state index in [2.05, 4.69) is 24.3 Å². The van der Waals surface area contributed by atoms with Gasteiger partial charge in [0.25, 0.3) is 0 Å². The van der Waals surface area contributed by atoms with Crippen LogP contribution in [-0.4, -0.2) is 22.0 Å². The van der Waals surface area contributed by atoms with Gasteiger partial charge in [-0.1, -0.05) is 61.7 Å². The molecule has 0 spiro atoms. The molecule has 0 saturated heterocycles. The predicted molar refractivity (Wildman–Crippen MR) is 116 cm³/mol. The van der Waals surface area contributed by atoms with E-state index in [1.54, 1.807) is 6.07 Å². The molecule has 2 N–H and O–H groups in total. The summed E-state index contributed by atoms with van der Waals surface area (Å²) in [5, 5.41) is 18.9. The number of rotatable bonds is 5. The summed E-state index contributed by atoms with van der Waals surface area (Å²) in [5.74, 6) is -1.29. The van der Waals surface area contributed by atoms with E-state index in [0.29, 0.717) is 11.5 Å². The van der Waals surface area contributed by atoms with Crippen LogP contribution in [0.25, 0.3) is 11.1 Å². The van der Waals surface area contributed by atoms with E-state index in [-0.39, 0.29) is 22.7 Å². The van der Waals surface area contributed by atoms with Crippen molar-refractivity contribution in [3.63, 3.8) is 0 Å². The van der Waals surface area contributed by atoms with E-state index in [9.17, 15) is 19.8 Å². The highest BCUT2D eigenvalue weighted by Gasteiger charge is 2.17. The van der Waals surface area contributed by atoms with Gasteiger partial charge in [0.2, 0.25) is 0 Å². The minimum atomic E-state index is -1.27. The zero-order valence-electron chi connectivity index (χ0n) is 16.7. The maximum atomic E-state index is 13.0. The molecule has 4 nitrogen and oxygen atoms in total. The smallest absolute Gasteiger partial charge is 0.339 e. The first-order valence-electron chi connectivity index (χ1n) is 10.3. The maximum Gasteiger partial charge on any atom is 0.339 e. The molecule has 3 aromatic carbocycles. The fourth-order valence-electron chi connectivity index (χ4n) is 4.26. The minimum Gasteiger partial charge on any atom is -0.507 e. The number of benzene rings is 3. The number of ketones is 1. The number of hydrogen-bond acceptors (Lipinski definition) is 3. The fourth-order valence-corrected chi connectivity index (χ4v) is 4.26. The van der Waals surface area contributed by atoms with Crippen LogP contribution < -0.4 is 0 Å². The first-order chi connectivity index (χ1) is 14.5. The molecule has 1 fully saturated rings. The van der Waals surface area contributed by atoms with Crippen molar-refractivity contribution in [1.29, 1.82) is 0 Å². The molecule has 4 heteroatoms. The number of hydrogen-bond donors (Lipinski definition) is 2. The van der Waals surface area contributed by atoms with Gasteiger partial charge >= 0.3 is 5.97 Å². The van der Waals surface area contributed by atoms with Crippen molar-refractivity contribution in [3.8, 4) is 16.9 Å². The Morgan fingerprint density at radius 3 is 2.17 bits per heavy atom. The highest BCUT2D eigenvalue weighted by atomic mass is 16.4. The number of carbonyl (C=O) groups is 2. The van der Waals surface area contributed by atoms with E-state index >= 15 is 0 Å². The number of aromatic hydroxyl groups is 1. The molecule has 0 aromatic heterocycles. The number of carbonyl (C=O) groups excluding carboxylic acids is 1. The molecule has 0 bridgehead atoms. The molecule has 4 rings (SSSR count). The lowest BCUT2D eigenvalue weighted by atomic mass is 9.83. The van der Waals surface area contributed by atoms with Crippen LogP contribution in [0.5, 0.6) is 5.75 Å². The van der Waals surface area contributed by atoms with Crippen molar-refractivity contribution >= 4 is 11.8 Å². The van der Waals surface area contributed by atoms with Crippen LogP contribution in [0.1, 0.15) is 69.9 Å². The van der Waals surface area contributed by atoms with E-state index in [4.69, 9.17) is 0 Å². The minimum absolute atomic E-state index is 0.235. The Hall–Kier alpha value is -3.40. The highest BCUT2D eigenvalue weighted by molar-refractivity contribution is 6.10. The molecular weight excluding hydrogens is 376 g/mol. The topological polar surface area (TPSA) is 74.6 Å². The molecule has 30 heavy (non-hydrogen) atoms. The Labute approximate surface area is 175 Å². The van der Waals surface area contributed by atoms with Crippen molar-refractivity contribution in [1.82, 2.24) is 0 Å². The fraction of sp³-hybridized carbons (Fsp3) is 0.231. The SMILES string of the molecule is O=C(c1cccc(-c2cccc(C3CCCCC3)c2)c1)c1ccc(O)c(C(=O)O)c1. The standard InChI is InChI=1S/C26H24O4/c27-24-13-12-22(16-23(24)26(29)30)25(28)21-11-5-10-20(15-21)19-9-4-8-18(14-19)17-6-2-1-3-7-17/h4-5,8-17,27H,1-3,6-7H2,(H,29,30). The largest absolute Gasteiger partial charge is 0.507 e. The van der Waals surface area contributed by atoms with Crippen molar-refractivity contribution in [3.05, 3.63) is 89.0 Å². The summed E-state index contributed by atoms with van der Waals surface area (Å²) in [6, 6.07) is 19.8. The lowest BCUT2D eigenvalue weighted by Gasteiger charge is -2.22. The Morgan fingerprint density at radius 1 is 0.767 bits per heavy atom. The van der Waals surface area contributed by atoms with Gasteiger partial charge in [-0.2, -0.15) is 0 Å². The molecule has 152 valence electrons. The Bertz CT molecular complexity index is 1090. The molecule has 1 aliphatic carbocycles. The maximum absolute atomic E-state index is 13.0. The van der Waals surface area contributed by atoms with E-state index in [1.165, 1.54) is 55.9 Å². The molecule has 0 radical (unpaired) electrons. The highest BCUT2D eigenvalue weighted by Crippen LogP contribution is 2.34. The van der Waals surface area contributed by atoms with Gasteiger partial charge in [-0.3, -0.25) is 4.79 Å². The van der Waals surface area contributed by atoms with Crippen molar-refractivity contribution in [2.45, 2.75) is 38.0 Å². The molecule has 3 aromatic rings. The van der Waals surface area contributed by atoms with Gasteiger partial charge in [0, 0.05) is 11.1 Å². The van der Waals surface area contributed by atoms with Gasteiger partial charge in [0.05, 0.1) is 0 Å². The third-order valence-corrected chi connectivity index (χ3v) is 5.91. The summed E-state index contributed by atoms with van der Waals surface area (Å²) in [6.45, 7) is 0. The van der Waals surface area contributed by atoms with Gasteiger partial charge in [-0.25, -0.2) is 4.79 Å². The predicted octanol–water partition coefficient (Wildman–Crippen LogP) is 6.04. The van der Waals surface area contributed by atoms with Gasteiger partial charge < -0.3 is 10.2 Å². The normalized spacial score (nSPS) is 14.4. The van der Waals surface area contributed by atoms with Crippen LogP contribution in [0.15, 0.2) is 66.7 Å². The van der Waals surface area contributed by atoms with Crippen molar-refractivity contribution < 1.29 is 19.8 Å². The third-order valence-electron chi connectivity index (χ3n) is 5.91. The summed E-state index contributed by atoms with van der Waals surface area (Å²) in [4.78, 5) is 24.2. The number of carboxylic acid groups (broad SMARTS) is 1.